The third-order valence-corrected chi connectivity index (χ3v) is 6.82. The number of hydrogen-bond acceptors (Lipinski definition) is 6. The third kappa shape index (κ3) is 5.99. The van der Waals surface area contributed by atoms with Crippen molar-refractivity contribution in [2.75, 3.05) is 41.5 Å². The summed E-state index contributed by atoms with van der Waals surface area (Å²) in [5, 5.41) is 2.73. The maximum atomic E-state index is 14.0. The minimum Gasteiger partial charge on any atom is -0.493 e. The lowest BCUT2D eigenvalue weighted by Gasteiger charge is -2.37. The van der Waals surface area contributed by atoms with E-state index in [1.54, 1.807) is 28.4 Å². The Balaban J connectivity index is 1.60. The number of amides is 1. The fourth-order valence-corrected chi connectivity index (χ4v) is 4.85. The SMILES string of the molecule is COc1ccc(CC2c3cc(OC)c(OC)cc3CCN2CC(=O)NCc2cc(F)ccc2F)cc1OC. The van der Waals surface area contributed by atoms with Crippen LogP contribution in [0.4, 0.5) is 8.78 Å². The first kappa shape index (κ1) is 27.2. The highest BCUT2D eigenvalue weighted by Crippen LogP contribution is 2.40. The van der Waals surface area contributed by atoms with E-state index in [2.05, 4.69) is 10.2 Å². The fraction of sp³-hybridized carbons (Fsp3) is 0.345. The van der Waals surface area contributed by atoms with Gasteiger partial charge >= 0.3 is 0 Å². The second-order valence-electron chi connectivity index (χ2n) is 9.05. The maximum Gasteiger partial charge on any atom is 0.234 e. The molecule has 0 saturated carbocycles. The largest absolute Gasteiger partial charge is 0.493 e. The number of ether oxygens (including phenoxy) is 4. The Bertz CT molecular complexity index is 1300. The third-order valence-electron chi connectivity index (χ3n) is 6.82. The fourth-order valence-electron chi connectivity index (χ4n) is 4.85. The van der Waals surface area contributed by atoms with E-state index < -0.39 is 11.6 Å². The number of carbonyl (C=O) groups excluding carboxylic acids is 1. The lowest BCUT2D eigenvalue weighted by atomic mass is 9.88. The van der Waals surface area contributed by atoms with Crippen molar-refractivity contribution in [3.8, 4) is 23.0 Å². The average Bonchev–Trinajstić information content (AvgIpc) is 2.93. The molecule has 9 heteroatoms. The van der Waals surface area contributed by atoms with E-state index in [-0.39, 0.29) is 30.6 Å². The van der Waals surface area contributed by atoms with Crippen LogP contribution in [-0.4, -0.2) is 52.3 Å². The summed E-state index contributed by atoms with van der Waals surface area (Å²) in [4.78, 5) is 15.0. The summed E-state index contributed by atoms with van der Waals surface area (Å²) in [6.45, 7) is 0.614. The number of nitrogens with one attached hydrogen (secondary N) is 1. The molecule has 1 aliphatic heterocycles. The van der Waals surface area contributed by atoms with Crippen LogP contribution in [-0.2, 0) is 24.2 Å². The number of rotatable bonds is 10. The molecule has 0 radical (unpaired) electrons. The number of nitrogens with zero attached hydrogens (tertiary/aromatic N) is 1. The summed E-state index contributed by atoms with van der Waals surface area (Å²) in [6, 6.07) is 12.7. The highest BCUT2D eigenvalue weighted by molar-refractivity contribution is 5.78. The van der Waals surface area contributed by atoms with E-state index >= 15 is 0 Å². The van der Waals surface area contributed by atoms with Crippen LogP contribution in [0, 0.1) is 11.6 Å². The minimum absolute atomic E-state index is 0.0860. The predicted octanol–water partition coefficient (Wildman–Crippen LogP) is 4.46. The molecule has 1 unspecified atom stereocenters. The van der Waals surface area contributed by atoms with Crippen molar-refractivity contribution in [2.24, 2.45) is 0 Å². The molecule has 0 aromatic heterocycles. The number of benzene rings is 3. The first-order valence-electron chi connectivity index (χ1n) is 12.3. The van der Waals surface area contributed by atoms with Crippen LogP contribution in [0.1, 0.15) is 28.3 Å². The number of methoxy groups -OCH3 is 4. The zero-order valence-corrected chi connectivity index (χ0v) is 22.0. The van der Waals surface area contributed by atoms with Crippen molar-refractivity contribution in [1.82, 2.24) is 10.2 Å². The van der Waals surface area contributed by atoms with Gasteiger partial charge in [0, 0.05) is 24.7 Å². The van der Waals surface area contributed by atoms with Gasteiger partial charge in [0.15, 0.2) is 23.0 Å². The number of hydrogen-bond donors (Lipinski definition) is 1. The second-order valence-corrected chi connectivity index (χ2v) is 9.05. The van der Waals surface area contributed by atoms with E-state index in [4.69, 9.17) is 18.9 Å². The smallest absolute Gasteiger partial charge is 0.234 e. The molecule has 0 saturated heterocycles. The molecule has 1 atom stereocenters. The van der Waals surface area contributed by atoms with E-state index in [1.807, 2.05) is 30.3 Å². The van der Waals surface area contributed by atoms with E-state index in [0.29, 0.717) is 42.4 Å². The zero-order valence-electron chi connectivity index (χ0n) is 22.0. The molecular weight excluding hydrogens is 494 g/mol. The number of carbonyl (C=O) groups is 1. The van der Waals surface area contributed by atoms with Gasteiger partial charge in [-0.25, -0.2) is 8.78 Å². The van der Waals surface area contributed by atoms with Crippen molar-refractivity contribution in [2.45, 2.75) is 25.4 Å². The summed E-state index contributed by atoms with van der Waals surface area (Å²) in [5.41, 5.74) is 3.25. The Morgan fingerprint density at radius 2 is 1.58 bits per heavy atom. The number of fused-ring (bicyclic) bond motifs is 1. The molecule has 202 valence electrons. The van der Waals surface area contributed by atoms with Crippen LogP contribution in [0.2, 0.25) is 0 Å². The second kappa shape index (κ2) is 12.1. The van der Waals surface area contributed by atoms with Crippen LogP contribution < -0.4 is 24.3 Å². The molecule has 4 rings (SSSR count). The molecule has 0 bridgehead atoms. The Labute approximate surface area is 221 Å². The Hall–Kier alpha value is -3.85. The van der Waals surface area contributed by atoms with Crippen LogP contribution in [0.3, 0.4) is 0 Å². The molecule has 0 spiro atoms. The van der Waals surface area contributed by atoms with E-state index in [9.17, 15) is 13.6 Å². The first-order chi connectivity index (χ1) is 18.4. The summed E-state index contributed by atoms with van der Waals surface area (Å²) in [7, 11) is 6.37. The molecule has 0 aliphatic carbocycles. The van der Waals surface area contributed by atoms with Gasteiger partial charge in [0.2, 0.25) is 5.91 Å². The molecule has 3 aromatic rings. The molecule has 7 nitrogen and oxygen atoms in total. The van der Waals surface area contributed by atoms with E-state index in [0.717, 1.165) is 34.9 Å². The van der Waals surface area contributed by atoms with Gasteiger partial charge in [-0.05, 0) is 72.0 Å². The van der Waals surface area contributed by atoms with Gasteiger partial charge in [-0.3, -0.25) is 9.69 Å². The Morgan fingerprint density at radius 1 is 0.895 bits per heavy atom. The van der Waals surface area contributed by atoms with Crippen molar-refractivity contribution >= 4 is 5.91 Å². The topological polar surface area (TPSA) is 69.3 Å². The maximum absolute atomic E-state index is 14.0. The quantitative estimate of drug-likeness (QED) is 0.421. The van der Waals surface area contributed by atoms with Crippen LogP contribution >= 0.6 is 0 Å². The van der Waals surface area contributed by atoms with Crippen LogP contribution in [0.25, 0.3) is 0 Å². The number of halogens is 2. The summed E-state index contributed by atoms with van der Waals surface area (Å²) < 4.78 is 49.5. The summed E-state index contributed by atoms with van der Waals surface area (Å²) in [5.74, 6) is 1.11. The molecule has 0 fully saturated rings. The zero-order chi connectivity index (χ0) is 27.2. The lowest BCUT2D eigenvalue weighted by molar-refractivity contribution is -0.123. The summed E-state index contributed by atoms with van der Waals surface area (Å²) >= 11 is 0. The molecule has 38 heavy (non-hydrogen) atoms. The molecule has 1 N–H and O–H groups in total. The molecule has 1 aliphatic rings. The van der Waals surface area contributed by atoms with Crippen LogP contribution in [0.15, 0.2) is 48.5 Å². The van der Waals surface area contributed by atoms with Gasteiger partial charge in [-0.15, -0.1) is 0 Å². The lowest BCUT2D eigenvalue weighted by Crippen LogP contribution is -2.43. The molecular formula is C29H32F2N2O5. The normalized spacial score (nSPS) is 14.9. The molecule has 3 aromatic carbocycles. The van der Waals surface area contributed by atoms with Gasteiger partial charge in [-0.1, -0.05) is 6.07 Å². The van der Waals surface area contributed by atoms with Crippen molar-refractivity contribution in [3.63, 3.8) is 0 Å². The monoisotopic (exact) mass is 526 g/mol. The molecule has 1 amide bonds. The minimum atomic E-state index is -0.564. The summed E-state index contributed by atoms with van der Waals surface area (Å²) in [6.07, 6.45) is 1.30. The van der Waals surface area contributed by atoms with Gasteiger partial charge in [0.05, 0.1) is 35.0 Å². The van der Waals surface area contributed by atoms with Gasteiger partial charge in [0.1, 0.15) is 11.6 Å². The Morgan fingerprint density at radius 3 is 2.29 bits per heavy atom. The van der Waals surface area contributed by atoms with Gasteiger partial charge in [0.25, 0.3) is 0 Å². The first-order valence-corrected chi connectivity index (χ1v) is 12.3. The standard InChI is InChI=1S/C29H32F2N2O5/c1-35-25-8-5-18(12-26(25)36-2)11-24-22-15-28(38-4)27(37-3)14-19(22)9-10-33(24)17-29(34)32-16-20-13-21(30)6-7-23(20)31/h5-8,12-15,24H,9-11,16-17H2,1-4H3,(H,32,34). The van der Waals surface area contributed by atoms with E-state index in [1.165, 1.54) is 0 Å². The van der Waals surface area contributed by atoms with Gasteiger partial charge < -0.3 is 24.3 Å². The average molecular weight is 527 g/mol. The highest BCUT2D eigenvalue weighted by atomic mass is 19.1. The highest BCUT2D eigenvalue weighted by Gasteiger charge is 2.31. The van der Waals surface area contributed by atoms with Crippen molar-refractivity contribution < 1.29 is 32.5 Å². The van der Waals surface area contributed by atoms with Crippen molar-refractivity contribution in [3.05, 3.63) is 82.4 Å². The Kier molecular flexibility index (Phi) is 8.68. The van der Waals surface area contributed by atoms with Crippen LogP contribution in [0.5, 0.6) is 23.0 Å². The van der Waals surface area contributed by atoms with Crippen molar-refractivity contribution in [1.29, 1.82) is 0 Å². The molecule has 1 heterocycles. The predicted molar refractivity (Wildman–Crippen MR) is 139 cm³/mol. The van der Waals surface area contributed by atoms with Gasteiger partial charge in [-0.2, -0.15) is 0 Å².